The number of benzene rings is 1. The fourth-order valence-corrected chi connectivity index (χ4v) is 2.83. The Morgan fingerprint density at radius 2 is 2.10 bits per heavy atom. The normalized spacial score (nSPS) is 20.6. The Hall–Kier alpha value is -1.55. The first-order chi connectivity index (χ1) is 9.61. The van der Waals surface area contributed by atoms with E-state index in [0.717, 1.165) is 30.7 Å². The van der Waals surface area contributed by atoms with Gasteiger partial charge in [0.05, 0.1) is 13.5 Å². The number of nitrogens with zero attached hydrogens (tertiary/aromatic N) is 1. The SMILES string of the molecule is COc1ccc(CC(=O)N2CCCCC2C(C)N)cc1. The number of hydrogen-bond acceptors (Lipinski definition) is 3. The van der Waals surface area contributed by atoms with Gasteiger partial charge in [0.25, 0.3) is 0 Å². The highest BCUT2D eigenvalue weighted by atomic mass is 16.5. The van der Waals surface area contributed by atoms with Crippen molar-refractivity contribution in [3.63, 3.8) is 0 Å². The summed E-state index contributed by atoms with van der Waals surface area (Å²) in [5.41, 5.74) is 7.03. The fourth-order valence-electron chi connectivity index (χ4n) is 2.83. The maximum absolute atomic E-state index is 12.5. The van der Waals surface area contributed by atoms with Crippen molar-refractivity contribution in [3.8, 4) is 5.75 Å². The van der Waals surface area contributed by atoms with Gasteiger partial charge in [-0.05, 0) is 43.9 Å². The molecule has 0 bridgehead atoms. The molecule has 1 amide bonds. The van der Waals surface area contributed by atoms with E-state index in [-0.39, 0.29) is 18.0 Å². The van der Waals surface area contributed by atoms with E-state index in [1.165, 1.54) is 6.42 Å². The Labute approximate surface area is 120 Å². The van der Waals surface area contributed by atoms with Crippen LogP contribution in [0.25, 0.3) is 0 Å². The Balaban J connectivity index is 2.01. The molecule has 1 saturated heterocycles. The molecule has 110 valence electrons. The first kappa shape index (κ1) is 14.9. The number of rotatable bonds is 4. The van der Waals surface area contributed by atoms with Crippen molar-refractivity contribution in [2.45, 2.75) is 44.7 Å². The molecule has 2 rings (SSSR count). The lowest BCUT2D eigenvalue weighted by atomic mass is 9.96. The van der Waals surface area contributed by atoms with Gasteiger partial charge in [0.2, 0.25) is 5.91 Å². The Bertz CT molecular complexity index is 442. The van der Waals surface area contributed by atoms with E-state index in [9.17, 15) is 4.79 Å². The highest BCUT2D eigenvalue weighted by molar-refractivity contribution is 5.79. The smallest absolute Gasteiger partial charge is 0.227 e. The van der Waals surface area contributed by atoms with Crippen LogP contribution in [-0.2, 0) is 11.2 Å². The minimum atomic E-state index is 0.0371. The van der Waals surface area contributed by atoms with Gasteiger partial charge in [-0.3, -0.25) is 4.79 Å². The highest BCUT2D eigenvalue weighted by Crippen LogP contribution is 2.20. The minimum absolute atomic E-state index is 0.0371. The molecule has 1 fully saturated rings. The van der Waals surface area contributed by atoms with Crippen LogP contribution in [-0.4, -0.2) is 36.5 Å². The van der Waals surface area contributed by atoms with Gasteiger partial charge in [0, 0.05) is 18.6 Å². The fraction of sp³-hybridized carbons (Fsp3) is 0.562. The van der Waals surface area contributed by atoms with E-state index in [4.69, 9.17) is 10.5 Å². The second kappa shape index (κ2) is 6.75. The molecular weight excluding hydrogens is 252 g/mol. The summed E-state index contributed by atoms with van der Waals surface area (Å²) in [5, 5.41) is 0. The standard InChI is InChI=1S/C16H24N2O2/c1-12(17)15-5-3-4-10-18(15)16(19)11-13-6-8-14(20-2)9-7-13/h6-9,12,15H,3-5,10-11,17H2,1-2H3. The molecule has 0 radical (unpaired) electrons. The largest absolute Gasteiger partial charge is 0.497 e. The van der Waals surface area contributed by atoms with Crippen molar-refractivity contribution in [1.29, 1.82) is 0 Å². The van der Waals surface area contributed by atoms with Crippen LogP contribution in [0.2, 0.25) is 0 Å². The third-order valence-corrected chi connectivity index (χ3v) is 3.99. The number of nitrogens with two attached hydrogens (primary N) is 1. The molecular formula is C16H24N2O2. The Kier molecular flexibility index (Phi) is 5.01. The molecule has 2 atom stereocenters. The molecule has 20 heavy (non-hydrogen) atoms. The van der Waals surface area contributed by atoms with Crippen LogP contribution < -0.4 is 10.5 Å². The first-order valence-electron chi connectivity index (χ1n) is 7.30. The third-order valence-electron chi connectivity index (χ3n) is 3.99. The van der Waals surface area contributed by atoms with Crippen molar-refractivity contribution in [2.75, 3.05) is 13.7 Å². The molecule has 4 heteroatoms. The summed E-state index contributed by atoms with van der Waals surface area (Å²) in [6, 6.07) is 7.90. The summed E-state index contributed by atoms with van der Waals surface area (Å²) in [4.78, 5) is 14.4. The molecule has 0 spiro atoms. The number of ether oxygens (including phenoxy) is 1. The molecule has 0 aliphatic carbocycles. The number of likely N-dealkylation sites (tertiary alicyclic amines) is 1. The van der Waals surface area contributed by atoms with Gasteiger partial charge in [-0.15, -0.1) is 0 Å². The summed E-state index contributed by atoms with van der Waals surface area (Å²) in [6.45, 7) is 2.82. The van der Waals surface area contributed by atoms with E-state index >= 15 is 0 Å². The molecule has 1 aromatic rings. The van der Waals surface area contributed by atoms with Gasteiger partial charge >= 0.3 is 0 Å². The summed E-state index contributed by atoms with van der Waals surface area (Å²) in [6.07, 6.45) is 3.70. The number of piperidine rings is 1. The number of methoxy groups -OCH3 is 1. The average molecular weight is 276 g/mol. The Morgan fingerprint density at radius 3 is 2.70 bits per heavy atom. The quantitative estimate of drug-likeness (QED) is 0.914. The Morgan fingerprint density at radius 1 is 1.40 bits per heavy atom. The van der Waals surface area contributed by atoms with Gasteiger partial charge < -0.3 is 15.4 Å². The molecule has 1 aromatic carbocycles. The maximum Gasteiger partial charge on any atom is 0.227 e. The van der Waals surface area contributed by atoms with E-state index in [2.05, 4.69) is 0 Å². The third kappa shape index (κ3) is 3.51. The van der Waals surface area contributed by atoms with Gasteiger partial charge in [0.15, 0.2) is 0 Å². The van der Waals surface area contributed by atoms with E-state index in [0.29, 0.717) is 6.42 Å². The highest BCUT2D eigenvalue weighted by Gasteiger charge is 2.28. The molecule has 2 unspecified atom stereocenters. The zero-order valence-electron chi connectivity index (χ0n) is 12.3. The molecule has 4 nitrogen and oxygen atoms in total. The number of carbonyl (C=O) groups excluding carboxylic acids is 1. The van der Waals surface area contributed by atoms with Crippen LogP contribution in [0.3, 0.4) is 0 Å². The summed E-state index contributed by atoms with van der Waals surface area (Å²) >= 11 is 0. The van der Waals surface area contributed by atoms with Crippen molar-refractivity contribution in [3.05, 3.63) is 29.8 Å². The van der Waals surface area contributed by atoms with Gasteiger partial charge in [-0.1, -0.05) is 12.1 Å². The van der Waals surface area contributed by atoms with Gasteiger partial charge in [-0.25, -0.2) is 0 Å². The minimum Gasteiger partial charge on any atom is -0.497 e. The lowest BCUT2D eigenvalue weighted by molar-refractivity contribution is -0.134. The maximum atomic E-state index is 12.5. The second-order valence-corrected chi connectivity index (χ2v) is 5.53. The van der Waals surface area contributed by atoms with Gasteiger partial charge in [0.1, 0.15) is 5.75 Å². The predicted octanol–water partition coefficient (Wildman–Crippen LogP) is 1.97. The lowest BCUT2D eigenvalue weighted by Gasteiger charge is -2.38. The topological polar surface area (TPSA) is 55.6 Å². The zero-order chi connectivity index (χ0) is 14.5. The van der Waals surface area contributed by atoms with Crippen LogP contribution in [0.1, 0.15) is 31.7 Å². The number of carbonyl (C=O) groups is 1. The van der Waals surface area contributed by atoms with Crippen LogP contribution in [0, 0.1) is 0 Å². The lowest BCUT2D eigenvalue weighted by Crippen LogP contribution is -2.52. The average Bonchev–Trinajstić information content (AvgIpc) is 2.48. The van der Waals surface area contributed by atoms with Crippen molar-refractivity contribution >= 4 is 5.91 Å². The van der Waals surface area contributed by atoms with Crippen LogP contribution >= 0.6 is 0 Å². The summed E-state index contributed by atoms with van der Waals surface area (Å²) < 4.78 is 5.13. The molecule has 1 aliphatic heterocycles. The van der Waals surface area contributed by atoms with Crippen LogP contribution in [0.5, 0.6) is 5.75 Å². The van der Waals surface area contributed by atoms with Crippen LogP contribution in [0.15, 0.2) is 24.3 Å². The number of hydrogen-bond donors (Lipinski definition) is 1. The summed E-state index contributed by atoms with van der Waals surface area (Å²) in [5.74, 6) is 0.991. The second-order valence-electron chi connectivity index (χ2n) is 5.53. The molecule has 2 N–H and O–H groups in total. The monoisotopic (exact) mass is 276 g/mol. The first-order valence-corrected chi connectivity index (χ1v) is 7.30. The molecule has 1 heterocycles. The zero-order valence-corrected chi connectivity index (χ0v) is 12.3. The molecule has 0 saturated carbocycles. The van der Waals surface area contributed by atoms with E-state index < -0.39 is 0 Å². The van der Waals surface area contributed by atoms with E-state index in [1.807, 2.05) is 36.1 Å². The molecule has 1 aliphatic rings. The van der Waals surface area contributed by atoms with Crippen molar-refractivity contribution in [1.82, 2.24) is 4.90 Å². The number of amides is 1. The summed E-state index contributed by atoms with van der Waals surface area (Å²) in [7, 11) is 1.64. The van der Waals surface area contributed by atoms with Gasteiger partial charge in [-0.2, -0.15) is 0 Å². The van der Waals surface area contributed by atoms with Crippen molar-refractivity contribution < 1.29 is 9.53 Å². The van der Waals surface area contributed by atoms with E-state index in [1.54, 1.807) is 7.11 Å². The van der Waals surface area contributed by atoms with Crippen molar-refractivity contribution in [2.24, 2.45) is 5.73 Å². The molecule has 0 aromatic heterocycles. The predicted molar refractivity (Wildman–Crippen MR) is 79.7 cm³/mol. The van der Waals surface area contributed by atoms with Crippen LogP contribution in [0.4, 0.5) is 0 Å².